The lowest BCUT2D eigenvalue weighted by molar-refractivity contribution is -0.0172. The molecule has 0 aromatic rings. The van der Waals surface area contributed by atoms with Crippen molar-refractivity contribution in [3.8, 4) is 0 Å². The molecule has 1 atom stereocenters. The van der Waals surface area contributed by atoms with E-state index < -0.39 is 0 Å². The van der Waals surface area contributed by atoms with Gasteiger partial charge in [0, 0.05) is 13.2 Å². The maximum absolute atomic E-state index is 8.62. The highest BCUT2D eigenvalue weighted by molar-refractivity contribution is 7.99. The summed E-state index contributed by atoms with van der Waals surface area (Å²) in [5.74, 6) is 3.62. The standard InChI is InChI=1S/C14H30O3S2/c1-3-9-18-10-6-8-17-14(4-2)12-16-7-5-11-19-13-15/h14-15H,3-13H2,1-2H3. The van der Waals surface area contributed by atoms with Crippen LogP contribution in [0.4, 0.5) is 0 Å². The zero-order chi connectivity index (χ0) is 14.2. The predicted octanol–water partition coefficient (Wildman–Crippen LogP) is 3.40. The molecule has 0 saturated heterocycles. The fourth-order valence-corrected chi connectivity index (χ4v) is 2.75. The highest BCUT2D eigenvalue weighted by Crippen LogP contribution is 2.06. The third-order valence-corrected chi connectivity index (χ3v) is 4.60. The van der Waals surface area contributed by atoms with Gasteiger partial charge in [0.1, 0.15) is 0 Å². The number of thioether (sulfide) groups is 2. The van der Waals surface area contributed by atoms with Gasteiger partial charge in [-0.15, -0.1) is 11.8 Å². The third kappa shape index (κ3) is 14.8. The van der Waals surface area contributed by atoms with E-state index in [4.69, 9.17) is 14.6 Å². The maximum Gasteiger partial charge on any atom is 0.0885 e. The van der Waals surface area contributed by atoms with Crippen LogP contribution in [0.2, 0.25) is 0 Å². The summed E-state index contributed by atoms with van der Waals surface area (Å²) in [5, 5.41) is 8.62. The van der Waals surface area contributed by atoms with Crippen molar-refractivity contribution < 1.29 is 14.6 Å². The Morgan fingerprint density at radius 3 is 2.42 bits per heavy atom. The Labute approximate surface area is 127 Å². The molecule has 0 bridgehead atoms. The average Bonchev–Trinajstić information content (AvgIpc) is 2.44. The Morgan fingerprint density at radius 2 is 1.74 bits per heavy atom. The molecule has 0 heterocycles. The van der Waals surface area contributed by atoms with Crippen LogP contribution in [0.3, 0.4) is 0 Å². The molecule has 0 saturated carbocycles. The van der Waals surface area contributed by atoms with Gasteiger partial charge in [0.15, 0.2) is 0 Å². The molecule has 3 nitrogen and oxygen atoms in total. The number of rotatable bonds is 15. The molecule has 19 heavy (non-hydrogen) atoms. The van der Waals surface area contributed by atoms with Crippen molar-refractivity contribution in [1.82, 2.24) is 0 Å². The smallest absolute Gasteiger partial charge is 0.0885 e. The topological polar surface area (TPSA) is 38.7 Å². The van der Waals surface area contributed by atoms with E-state index in [9.17, 15) is 0 Å². The van der Waals surface area contributed by atoms with Crippen LogP contribution in [0.25, 0.3) is 0 Å². The largest absolute Gasteiger partial charge is 0.386 e. The molecule has 0 aromatic carbocycles. The van der Waals surface area contributed by atoms with E-state index in [0.717, 1.165) is 38.2 Å². The number of hydrogen-bond donors (Lipinski definition) is 1. The van der Waals surface area contributed by atoms with E-state index in [1.807, 2.05) is 11.8 Å². The van der Waals surface area contributed by atoms with E-state index in [1.54, 1.807) is 0 Å². The molecule has 1 unspecified atom stereocenters. The first-order valence-electron chi connectivity index (χ1n) is 7.30. The molecule has 0 aromatic heterocycles. The van der Waals surface area contributed by atoms with Gasteiger partial charge in [-0.2, -0.15) is 11.8 Å². The Balaban J connectivity index is 3.30. The van der Waals surface area contributed by atoms with Crippen LogP contribution >= 0.6 is 23.5 Å². The molecule has 116 valence electrons. The molecule has 0 radical (unpaired) electrons. The highest BCUT2D eigenvalue weighted by atomic mass is 32.2. The maximum atomic E-state index is 8.62. The molecular formula is C14H30O3S2. The van der Waals surface area contributed by atoms with Crippen LogP contribution in [0.15, 0.2) is 0 Å². The lowest BCUT2D eigenvalue weighted by Crippen LogP contribution is -2.20. The van der Waals surface area contributed by atoms with E-state index >= 15 is 0 Å². The monoisotopic (exact) mass is 310 g/mol. The second kappa shape index (κ2) is 16.6. The van der Waals surface area contributed by atoms with Crippen molar-refractivity contribution >= 4 is 23.5 Å². The fraction of sp³-hybridized carbons (Fsp3) is 1.00. The Kier molecular flexibility index (Phi) is 17.1. The van der Waals surface area contributed by atoms with Gasteiger partial charge in [0.2, 0.25) is 0 Å². The minimum atomic E-state index is 0.205. The van der Waals surface area contributed by atoms with Gasteiger partial charge < -0.3 is 14.6 Å². The highest BCUT2D eigenvalue weighted by Gasteiger charge is 2.06. The van der Waals surface area contributed by atoms with Crippen molar-refractivity contribution in [2.24, 2.45) is 0 Å². The molecule has 5 heteroatoms. The Morgan fingerprint density at radius 1 is 1.00 bits per heavy atom. The number of hydrogen-bond acceptors (Lipinski definition) is 5. The van der Waals surface area contributed by atoms with E-state index in [-0.39, 0.29) is 12.0 Å². The van der Waals surface area contributed by atoms with Crippen LogP contribution in [0.5, 0.6) is 0 Å². The van der Waals surface area contributed by atoms with Crippen LogP contribution in [-0.2, 0) is 9.47 Å². The fourth-order valence-electron chi connectivity index (χ4n) is 1.48. The normalized spacial score (nSPS) is 12.8. The molecule has 0 aliphatic heterocycles. The Hall–Kier alpha value is 0.580. The summed E-state index contributed by atoms with van der Waals surface area (Å²) in [4.78, 5) is 0. The van der Waals surface area contributed by atoms with Gasteiger partial charge in [-0.05, 0) is 42.9 Å². The summed E-state index contributed by atoms with van der Waals surface area (Å²) in [6, 6.07) is 0. The third-order valence-electron chi connectivity index (χ3n) is 2.56. The second-order valence-electron chi connectivity index (χ2n) is 4.33. The van der Waals surface area contributed by atoms with Gasteiger partial charge in [0.05, 0.1) is 18.6 Å². The summed E-state index contributed by atoms with van der Waals surface area (Å²) >= 11 is 3.55. The first-order chi connectivity index (χ1) is 9.35. The van der Waals surface area contributed by atoms with Crippen molar-refractivity contribution in [3.05, 3.63) is 0 Å². The van der Waals surface area contributed by atoms with Crippen LogP contribution < -0.4 is 0 Å². The predicted molar refractivity (Wildman–Crippen MR) is 87.2 cm³/mol. The minimum absolute atomic E-state index is 0.205. The van der Waals surface area contributed by atoms with Gasteiger partial charge in [0.25, 0.3) is 0 Å². The summed E-state index contributed by atoms with van der Waals surface area (Å²) < 4.78 is 11.4. The van der Waals surface area contributed by atoms with Crippen molar-refractivity contribution in [3.63, 3.8) is 0 Å². The van der Waals surface area contributed by atoms with Crippen LogP contribution in [0, 0.1) is 0 Å². The Bertz CT molecular complexity index is 155. The van der Waals surface area contributed by atoms with Crippen LogP contribution in [-0.4, -0.2) is 54.2 Å². The summed E-state index contributed by atoms with van der Waals surface area (Å²) in [6.45, 7) is 6.66. The summed E-state index contributed by atoms with van der Waals surface area (Å²) in [6.07, 6.45) is 4.63. The molecule has 0 aliphatic rings. The molecule has 0 rings (SSSR count). The molecule has 1 N–H and O–H groups in total. The zero-order valence-electron chi connectivity index (χ0n) is 12.4. The molecule has 0 fully saturated rings. The van der Waals surface area contributed by atoms with Gasteiger partial charge >= 0.3 is 0 Å². The van der Waals surface area contributed by atoms with E-state index in [2.05, 4.69) is 13.8 Å². The molecule has 0 amide bonds. The summed E-state index contributed by atoms with van der Waals surface area (Å²) in [7, 11) is 0. The molecule has 0 spiro atoms. The first-order valence-corrected chi connectivity index (χ1v) is 9.61. The summed E-state index contributed by atoms with van der Waals surface area (Å²) in [5.41, 5.74) is 0. The average molecular weight is 311 g/mol. The number of ether oxygens (including phenoxy) is 2. The SMILES string of the molecule is CCCSCCCOC(CC)COCCCSCO. The number of aliphatic hydroxyl groups excluding tert-OH is 1. The van der Waals surface area contributed by atoms with Crippen molar-refractivity contribution in [2.75, 3.05) is 43.0 Å². The van der Waals surface area contributed by atoms with Gasteiger partial charge in [-0.25, -0.2) is 0 Å². The second-order valence-corrected chi connectivity index (χ2v) is 6.63. The van der Waals surface area contributed by atoms with E-state index in [0.29, 0.717) is 6.61 Å². The van der Waals surface area contributed by atoms with E-state index in [1.165, 1.54) is 29.7 Å². The molecular weight excluding hydrogens is 280 g/mol. The van der Waals surface area contributed by atoms with Gasteiger partial charge in [-0.3, -0.25) is 0 Å². The van der Waals surface area contributed by atoms with Crippen molar-refractivity contribution in [1.29, 1.82) is 0 Å². The minimum Gasteiger partial charge on any atom is -0.386 e. The van der Waals surface area contributed by atoms with Crippen molar-refractivity contribution in [2.45, 2.75) is 45.6 Å². The lowest BCUT2D eigenvalue weighted by atomic mass is 10.3. The zero-order valence-corrected chi connectivity index (χ0v) is 14.1. The lowest BCUT2D eigenvalue weighted by Gasteiger charge is -2.16. The quantitative estimate of drug-likeness (QED) is 0.371. The number of aliphatic hydroxyl groups is 1. The molecule has 0 aliphatic carbocycles. The van der Waals surface area contributed by atoms with Crippen LogP contribution in [0.1, 0.15) is 39.5 Å². The van der Waals surface area contributed by atoms with Gasteiger partial charge in [-0.1, -0.05) is 13.8 Å². The first kappa shape index (κ1) is 19.6.